The first-order chi connectivity index (χ1) is 10.9. The van der Waals surface area contributed by atoms with Crippen LogP contribution in [0.25, 0.3) is 0 Å². The van der Waals surface area contributed by atoms with E-state index in [1.807, 2.05) is 24.3 Å². The van der Waals surface area contributed by atoms with Crippen molar-refractivity contribution in [2.24, 2.45) is 11.8 Å². The number of benzene rings is 1. The minimum Gasteiger partial charge on any atom is -0.481 e. The highest BCUT2D eigenvalue weighted by Gasteiger charge is 2.43. The van der Waals surface area contributed by atoms with Crippen molar-refractivity contribution in [3.63, 3.8) is 0 Å². The summed E-state index contributed by atoms with van der Waals surface area (Å²) in [4.78, 5) is 10.5. The van der Waals surface area contributed by atoms with Gasteiger partial charge in [0, 0.05) is 26.1 Å². The molecule has 126 valence electrons. The molecule has 6 nitrogen and oxygen atoms in total. The van der Waals surface area contributed by atoms with Crippen molar-refractivity contribution in [1.29, 1.82) is 0 Å². The number of nitrogens with one attached hydrogen (secondary N) is 1. The van der Waals surface area contributed by atoms with E-state index in [0.717, 1.165) is 24.0 Å². The third-order valence-corrected chi connectivity index (χ3v) is 6.39. The van der Waals surface area contributed by atoms with Crippen LogP contribution < -0.4 is 4.72 Å². The molecule has 3 rings (SSSR count). The van der Waals surface area contributed by atoms with Gasteiger partial charge < -0.3 is 5.11 Å². The highest BCUT2D eigenvalue weighted by atomic mass is 32.2. The second-order valence-corrected chi connectivity index (χ2v) is 8.21. The van der Waals surface area contributed by atoms with E-state index >= 15 is 0 Å². The Morgan fingerprint density at radius 1 is 1.13 bits per heavy atom. The van der Waals surface area contributed by atoms with Crippen LogP contribution in [-0.4, -0.2) is 36.9 Å². The van der Waals surface area contributed by atoms with E-state index in [1.54, 1.807) is 4.31 Å². The first kappa shape index (κ1) is 16.4. The van der Waals surface area contributed by atoms with Crippen LogP contribution in [-0.2, 0) is 28.0 Å². The zero-order valence-corrected chi connectivity index (χ0v) is 13.8. The molecule has 7 heteroatoms. The number of aliphatic carboxylic acids is 1. The number of rotatable bonds is 7. The lowest BCUT2D eigenvalue weighted by molar-refractivity contribution is -0.136. The van der Waals surface area contributed by atoms with Crippen molar-refractivity contribution >= 4 is 16.2 Å². The molecule has 2 N–H and O–H groups in total. The van der Waals surface area contributed by atoms with Gasteiger partial charge in [-0.05, 0) is 42.2 Å². The first-order valence-electron chi connectivity index (χ1n) is 7.98. The molecular weight excluding hydrogens is 316 g/mol. The fourth-order valence-electron chi connectivity index (χ4n) is 3.25. The second-order valence-electron chi connectivity index (χ2n) is 6.45. The molecule has 1 aliphatic carbocycles. The lowest BCUT2D eigenvalue weighted by Crippen LogP contribution is -2.38. The van der Waals surface area contributed by atoms with E-state index in [9.17, 15) is 13.2 Å². The van der Waals surface area contributed by atoms with E-state index in [4.69, 9.17) is 5.11 Å². The molecule has 0 unspecified atom stereocenters. The van der Waals surface area contributed by atoms with Gasteiger partial charge in [-0.2, -0.15) is 17.4 Å². The van der Waals surface area contributed by atoms with Gasteiger partial charge in [-0.15, -0.1) is 0 Å². The Balaban J connectivity index is 1.52. The molecule has 2 aliphatic rings. The summed E-state index contributed by atoms with van der Waals surface area (Å²) in [6, 6.07) is 7.38. The maximum absolute atomic E-state index is 12.3. The molecular formula is C16H22N2O4S. The van der Waals surface area contributed by atoms with Crippen LogP contribution in [0.5, 0.6) is 0 Å². The standard InChI is InChI=1S/C16H22N2O4S/c19-16(20)8-5-12-1-3-13(4-2-12)9-17-23(21,22)18-10-14-6-7-15(14)11-18/h1-4,14-15,17H,5-11H2,(H,19,20)/t14-,15+. The molecule has 0 spiro atoms. The van der Waals surface area contributed by atoms with Crippen LogP contribution >= 0.6 is 0 Å². The van der Waals surface area contributed by atoms with Crippen LogP contribution in [0, 0.1) is 11.8 Å². The second kappa shape index (κ2) is 6.59. The molecule has 1 heterocycles. The monoisotopic (exact) mass is 338 g/mol. The Bertz CT molecular complexity index is 660. The van der Waals surface area contributed by atoms with Crippen molar-refractivity contribution in [2.75, 3.05) is 13.1 Å². The molecule has 0 radical (unpaired) electrons. The number of carboxylic acids is 1. The maximum atomic E-state index is 12.3. The zero-order chi connectivity index (χ0) is 16.4. The third-order valence-electron chi connectivity index (χ3n) is 4.90. The van der Waals surface area contributed by atoms with Crippen LogP contribution in [0.2, 0.25) is 0 Å². The average Bonchev–Trinajstić information content (AvgIpc) is 2.80. The maximum Gasteiger partial charge on any atom is 0.303 e. The highest BCUT2D eigenvalue weighted by molar-refractivity contribution is 7.87. The zero-order valence-electron chi connectivity index (χ0n) is 12.9. The van der Waals surface area contributed by atoms with Crippen molar-refractivity contribution in [3.05, 3.63) is 35.4 Å². The summed E-state index contributed by atoms with van der Waals surface area (Å²) in [6.07, 6.45) is 2.88. The topological polar surface area (TPSA) is 86.7 Å². The average molecular weight is 338 g/mol. The Morgan fingerprint density at radius 2 is 1.70 bits per heavy atom. The summed E-state index contributed by atoms with van der Waals surface area (Å²) >= 11 is 0. The molecule has 0 aromatic heterocycles. The van der Waals surface area contributed by atoms with Crippen LogP contribution in [0.15, 0.2) is 24.3 Å². The number of fused-ring (bicyclic) bond motifs is 1. The van der Waals surface area contributed by atoms with Crippen LogP contribution in [0.3, 0.4) is 0 Å². The molecule has 1 aromatic carbocycles. The molecule has 0 amide bonds. The van der Waals surface area contributed by atoms with Gasteiger partial charge in [-0.1, -0.05) is 24.3 Å². The third kappa shape index (κ3) is 3.91. The Morgan fingerprint density at radius 3 is 2.22 bits per heavy atom. The lowest BCUT2D eigenvalue weighted by atomic mass is 9.77. The van der Waals surface area contributed by atoms with Crippen molar-refractivity contribution < 1.29 is 18.3 Å². The van der Waals surface area contributed by atoms with Crippen molar-refractivity contribution in [2.45, 2.75) is 32.2 Å². The van der Waals surface area contributed by atoms with Crippen molar-refractivity contribution in [1.82, 2.24) is 9.03 Å². The summed E-state index contributed by atoms with van der Waals surface area (Å²) in [7, 11) is -3.41. The minimum absolute atomic E-state index is 0.100. The number of carbonyl (C=O) groups is 1. The molecule has 1 saturated carbocycles. The summed E-state index contributed by atoms with van der Waals surface area (Å²) in [5, 5.41) is 8.67. The van der Waals surface area contributed by atoms with E-state index in [-0.39, 0.29) is 13.0 Å². The van der Waals surface area contributed by atoms with Crippen LogP contribution in [0.1, 0.15) is 30.4 Å². The van der Waals surface area contributed by atoms with Gasteiger partial charge in [-0.25, -0.2) is 0 Å². The minimum atomic E-state index is -3.41. The molecule has 1 aliphatic heterocycles. The van der Waals surface area contributed by atoms with E-state index < -0.39 is 16.2 Å². The molecule has 1 aromatic rings. The van der Waals surface area contributed by atoms with Gasteiger partial charge in [0.1, 0.15) is 0 Å². The molecule has 1 saturated heterocycles. The Hall–Kier alpha value is -1.44. The van der Waals surface area contributed by atoms with Gasteiger partial charge in [0.05, 0.1) is 0 Å². The van der Waals surface area contributed by atoms with Gasteiger partial charge >= 0.3 is 5.97 Å². The van der Waals surface area contributed by atoms with E-state index in [2.05, 4.69) is 4.72 Å². The van der Waals surface area contributed by atoms with E-state index in [0.29, 0.717) is 31.3 Å². The fraction of sp³-hybridized carbons (Fsp3) is 0.562. The van der Waals surface area contributed by atoms with Gasteiger partial charge in [-0.3, -0.25) is 4.79 Å². The van der Waals surface area contributed by atoms with Gasteiger partial charge in [0.15, 0.2) is 0 Å². The summed E-state index contributed by atoms with van der Waals surface area (Å²) in [5.41, 5.74) is 1.81. The molecule has 2 fully saturated rings. The largest absolute Gasteiger partial charge is 0.481 e. The number of hydrogen-bond acceptors (Lipinski definition) is 3. The molecule has 0 bridgehead atoms. The van der Waals surface area contributed by atoms with Gasteiger partial charge in [0.2, 0.25) is 0 Å². The van der Waals surface area contributed by atoms with Crippen LogP contribution in [0.4, 0.5) is 0 Å². The van der Waals surface area contributed by atoms with E-state index in [1.165, 1.54) is 0 Å². The smallest absolute Gasteiger partial charge is 0.303 e. The SMILES string of the molecule is O=C(O)CCc1ccc(CNS(=O)(=O)N2C[C@H]3CC[C@H]3C2)cc1. The number of nitrogens with zero attached hydrogens (tertiary/aromatic N) is 1. The molecule has 23 heavy (non-hydrogen) atoms. The Labute approximate surface area is 136 Å². The fourth-order valence-corrected chi connectivity index (χ4v) is 4.56. The van der Waals surface area contributed by atoms with Crippen molar-refractivity contribution in [3.8, 4) is 0 Å². The number of carboxylic acid groups (broad SMARTS) is 1. The predicted molar refractivity (Wildman–Crippen MR) is 85.9 cm³/mol. The quantitative estimate of drug-likeness (QED) is 0.786. The number of hydrogen-bond donors (Lipinski definition) is 2. The number of aryl methyl sites for hydroxylation is 1. The molecule has 2 atom stereocenters. The predicted octanol–water partition coefficient (Wildman–Crippen LogP) is 1.38. The first-order valence-corrected chi connectivity index (χ1v) is 9.42. The lowest BCUT2D eigenvalue weighted by Gasteiger charge is -2.27. The van der Waals surface area contributed by atoms with Gasteiger partial charge in [0.25, 0.3) is 10.2 Å². The highest BCUT2D eigenvalue weighted by Crippen LogP contribution is 2.41. The summed E-state index contributed by atoms with van der Waals surface area (Å²) in [5.74, 6) is 0.293. The summed E-state index contributed by atoms with van der Waals surface area (Å²) < 4.78 is 28.9. The summed E-state index contributed by atoms with van der Waals surface area (Å²) in [6.45, 7) is 1.55. The Kier molecular flexibility index (Phi) is 4.70. The normalized spacial score (nSPS) is 24.2.